The van der Waals surface area contributed by atoms with Crippen LogP contribution in [0.5, 0.6) is 5.75 Å². The average Bonchev–Trinajstić information content (AvgIpc) is 3.20. The van der Waals surface area contributed by atoms with Crippen LogP contribution in [0.4, 0.5) is 5.00 Å². The third-order valence-electron chi connectivity index (χ3n) is 5.29. The molecule has 2 aromatic heterocycles. The van der Waals surface area contributed by atoms with Crippen LogP contribution in [0.1, 0.15) is 49.6 Å². The number of ether oxygens (including phenoxy) is 1. The Labute approximate surface area is 191 Å². The number of hydrogen-bond donors (Lipinski definition) is 2. The lowest BCUT2D eigenvalue weighted by atomic mass is 9.95. The first-order valence-corrected chi connectivity index (χ1v) is 11.4. The molecule has 1 aliphatic rings. The molecule has 3 aromatic rings. The van der Waals surface area contributed by atoms with Crippen molar-refractivity contribution in [2.45, 2.75) is 32.2 Å². The maximum atomic E-state index is 13.1. The third-order valence-corrected chi connectivity index (χ3v) is 6.49. The summed E-state index contributed by atoms with van der Waals surface area (Å²) in [7, 11) is 0. The van der Waals surface area contributed by atoms with Crippen molar-refractivity contribution in [1.29, 1.82) is 0 Å². The highest BCUT2D eigenvalue weighted by Crippen LogP contribution is 2.38. The summed E-state index contributed by atoms with van der Waals surface area (Å²) in [5.74, 6) is 0.250. The van der Waals surface area contributed by atoms with Gasteiger partial charge >= 0.3 is 0 Å². The van der Waals surface area contributed by atoms with Gasteiger partial charge in [-0.1, -0.05) is 18.7 Å². The molecule has 32 heavy (non-hydrogen) atoms. The Morgan fingerprint density at radius 2 is 1.94 bits per heavy atom. The zero-order chi connectivity index (χ0) is 22.3. The Morgan fingerprint density at radius 3 is 2.69 bits per heavy atom. The maximum absolute atomic E-state index is 13.1. The lowest BCUT2D eigenvalue weighted by molar-refractivity contribution is 0.0951. The molecule has 0 aliphatic heterocycles. The quantitative estimate of drug-likeness (QED) is 0.488. The molecule has 0 spiro atoms. The molecule has 164 valence electrons. The van der Waals surface area contributed by atoms with Crippen LogP contribution in [-0.4, -0.2) is 23.4 Å². The fourth-order valence-corrected chi connectivity index (χ4v) is 4.98. The van der Waals surface area contributed by atoms with Gasteiger partial charge in [-0.25, -0.2) is 0 Å². The number of nitrogens with zero attached hydrogens (tertiary/aromatic N) is 1. The summed E-state index contributed by atoms with van der Waals surface area (Å²) < 4.78 is 5.47. The molecular formula is C25H25N3O3S. The SMILES string of the molecule is C=CCOc1ccc(C(=O)Nc2sc3c(c2C(=O)NCc2cccnc2)CCCC3)cc1. The molecule has 2 heterocycles. The van der Waals surface area contributed by atoms with Crippen molar-refractivity contribution in [3.63, 3.8) is 0 Å². The summed E-state index contributed by atoms with van der Waals surface area (Å²) in [5.41, 5.74) is 3.08. The minimum absolute atomic E-state index is 0.170. The fourth-order valence-electron chi connectivity index (χ4n) is 3.70. The number of rotatable bonds is 8. The second kappa shape index (κ2) is 10.2. The Hall–Kier alpha value is -3.45. The number of pyridine rings is 1. The van der Waals surface area contributed by atoms with Crippen molar-refractivity contribution in [3.05, 3.63) is 88.6 Å². The van der Waals surface area contributed by atoms with Crippen molar-refractivity contribution >= 4 is 28.2 Å². The van der Waals surface area contributed by atoms with E-state index in [0.29, 0.717) is 35.0 Å². The van der Waals surface area contributed by atoms with Gasteiger partial charge < -0.3 is 15.4 Å². The lowest BCUT2D eigenvalue weighted by Crippen LogP contribution is -2.25. The minimum Gasteiger partial charge on any atom is -0.490 e. The molecule has 0 bridgehead atoms. The molecule has 0 atom stereocenters. The summed E-state index contributed by atoms with van der Waals surface area (Å²) >= 11 is 1.51. The van der Waals surface area contributed by atoms with E-state index in [1.165, 1.54) is 16.2 Å². The van der Waals surface area contributed by atoms with Crippen LogP contribution in [0.2, 0.25) is 0 Å². The van der Waals surface area contributed by atoms with Crippen LogP contribution < -0.4 is 15.4 Å². The highest BCUT2D eigenvalue weighted by molar-refractivity contribution is 7.17. The molecule has 7 heteroatoms. The number of hydrogen-bond acceptors (Lipinski definition) is 5. The number of thiophene rings is 1. The van der Waals surface area contributed by atoms with Gasteiger partial charge in [-0.15, -0.1) is 11.3 Å². The van der Waals surface area contributed by atoms with E-state index in [-0.39, 0.29) is 11.8 Å². The van der Waals surface area contributed by atoms with Crippen LogP contribution in [0, 0.1) is 0 Å². The molecule has 1 aliphatic carbocycles. The molecule has 1 aromatic carbocycles. The summed E-state index contributed by atoms with van der Waals surface area (Å²) in [6.07, 6.45) is 9.04. The van der Waals surface area contributed by atoms with Crippen molar-refractivity contribution < 1.29 is 14.3 Å². The van der Waals surface area contributed by atoms with Crippen LogP contribution in [0.25, 0.3) is 0 Å². The van der Waals surface area contributed by atoms with E-state index in [9.17, 15) is 9.59 Å². The van der Waals surface area contributed by atoms with E-state index < -0.39 is 0 Å². The van der Waals surface area contributed by atoms with E-state index >= 15 is 0 Å². The number of carbonyl (C=O) groups excluding carboxylic acids is 2. The molecule has 0 fully saturated rings. The zero-order valence-corrected chi connectivity index (χ0v) is 18.5. The van der Waals surface area contributed by atoms with Crippen molar-refractivity contribution in [1.82, 2.24) is 10.3 Å². The maximum Gasteiger partial charge on any atom is 0.256 e. The van der Waals surface area contributed by atoms with E-state index in [1.54, 1.807) is 42.7 Å². The number of aryl methyl sites for hydroxylation is 1. The van der Waals surface area contributed by atoms with Crippen molar-refractivity contribution in [3.8, 4) is 5.75 Å². The molecule has 6 nitrogen and oxygen atoms in total. The highest BCUT2D eigenvalue weighted by Gasteiger charge is 2.26. The number of carbonyl (C=O) groups is 2. The molecule has 4 rings (SSSR count). The summed E-state index contributed by atoms with van der Waals surface area (Å²) in [4.78, 5) is 31.3. The fraction of sp³-hybridized carbons (Fsp3) is 0.240. The number of aromatic nitrogens is 1. The molecular weight excluding hydrogens is 422 g/mol. The van der Waals surface area contributed by atoms with Gasteiger partial charge in [0.25, 0.3) is 11.8 Å². The van der Waals surface area contributed by atoms with Gasteiger partial charge in [-0.3, -0.25) is 14.6 Å². The van der Waals surface area contributed by atoms with Gasteiger partial charge in [-0.05, 0) is 67.1 Å². The van der Waals surface area contributed by atoms with Gasteiger partial charge in [0.2, 0.25) is 0 Å². The predicted octanol–water partition coefficient (Wildman–Crippen LogP) is 4.77. The number of amides is 2. The summed E-state index contributed by atoms with van der Waals surface area (Å²) in [6, 6.07) is 10.7. The first-order valence-electron chi connectivity index (χ1n) is 10.6. The summed E-state index contributed by atoms with van der Waals surface area (Å²) in [6.45, 7) is 4.42. The van der Waals surface area contributed by atoms with E-state index in [2.05, 4.69) is 22.2 Å². The first kappa shape index (κ1) is 21.8. The number of nitrogens with one attached hydrogen (secondary N) is 2. The molecule has 2 N–H and O–H groups in total. The zero-order valence-electron chi connectivity index (χ0n) is 17.7. The van der Waals surface area contributed by atoms with Gasteiger partial charge in [-0.2, -0.15) is 0 Å². The second-order valence-electron chi connectivity index (χ2n) is 7.54. The molecule has 0 saturated heterocycles. The van der Waals surface area contributed by atoms with Gasteiger partial charge in [0.05, 0.1) is 5.56 Å². The normalized spacial score (nSPS) is 12.5. The predicted molar refractivity (Wildman–Crippen MR) is 126 cm³/mol. The Morgan fingerprint density at radius 1 is 1.12 bits per heavy atom. The van der Waals surface area contributed by atoms with Gasteiger partial charge in [0.15, 0.2) is 0 Å². The van der Waals surface area contributed by atoms with Crippen LogP contribution in [0.3, 0.4) is 0 Å². The molecule has 0 unspecified atom stereocenters. The first-order chi connectivity index (χ1) is 15.7. The van der Waals surface area contributed by atoms with Crippen molar-refractivity contribution in [2.24, 2.45) is 0 Å². The molecule has 0 radical (unpaired) electrons. The van der Waals surface area contributed by atoms with Crippen molar-refractivity contribution in [2.75, 3.05) is 11.9 Å². The van der Waals surface area contributed by atoms with Crippen LogP contribution in [-0.2, 0) is 19.4 Å². The Kier molecular flexibility index (Phi) is 6.97. The molecule has 0 saturated carbocycles. The van der Waals surface area contributed by atoms with Gasteiger partial charge in [0, 0.05) is 29.4 Å². The van der Waals surface area contributed by atoms with Crippen LogP contribution in [0.15, 0.2) is 61.4 Å². The Bertz CT molecular complexity index is 1110. The minimum atomic E-state index is -0.250. The summed E-state index contributed by atoms with van der Waals surface area (Å²) in [5, 5.41) is 6.57. The second-order valence-corrected chi connectivity index (χ2v) is 8.64. The monoisotopic (exact) mass is 447 g/mol. The number of benzene rings is 1. The van der Waals surface area contributed by atoms with E-state index in [1.807, 2.05) is 12.1 Å². The largest absolute Gasteiger partial charge is 0.490 e. The van der Waals surface area contributed by atoms with E-state index in [0.717, 1.165) is 36.8 Å². The average molecular weight is 448 g/mol. The third kappa shape index (κ3) is 5.06. The van der Waals surface area contributed by atoms with Crippen LogP contribution >= 0.6 is 11.3 Å². The lowest BCUT2D eigenvalue weighted by Gasteiger charge is -2.13. The highest BCUT2D eigenvalue weighted by atomic mass is 32.1. The van der Waals surface area contributed by atoms with Gasteiger partial charge in [0.1, 0.15) is 17.4 Å². The number of anilines is 1. The standard InChI is InChI=1S/C25H25N3O3S/c1-2-14-31-19-11-9-18(10-12-19)23(29)28-25-22(20-7-3-4-8-21(20)32-25)24(30)27-16-17-6-5-13-26-15-17/h2,5-6,9-13,15H,1,3-4,7-8,14,16H2,(H,27,30)(H,28,29). The van der Waals surface area contributed by atoms with E-state index in [4.69, 9.17) is 4.74 Å². The number of fused-ring (bicyclic) bond motifs is 1. The smallest absolute Gasteiger partial charge is 0.256 e. The Balaban J connectivity index is 1.52. The topological polar surface area (TPSA) is 80.3 Å². The molecule has 2 amide bonds.